The number of ether oxygens (including phenoxy) is 2. The van der Waals surface area contributed by atoms with Crippen LogP contribution in [0.5, 0.6) is 11.5 Å². The molecule has 1 aliphatic rings. The summed E-state index contributed by atoms with van der Waals surface area (Å²) in [6.45, 7) is 0. The van der Waals surface area contributed by atoms with E-state index in [0.717, 1.165) is 28.9 Å². The molecule has 0 atom stereocenters. The summed E-state index contributed by atoms with van der Waals surface area (Å²) < 4.78 is 17.9. The molecule has 32 heavy (non-hydrogen) atoms. The fourth-order valence-corrected chi connectivity index (χ4v) is 4.59. The molecule has 0 aliphatic heterocycles. The Bertz CT molecular complexity index is 1190. The molecule has 1 saturated carbocycles. The van der Waals surface area contributed by atoms with E-state index in [4.69, 9.17) is 18.9 Å². The Hall–Kier alpha value is -3.40. The van der Waals surface area contributed by atoms with Gasteiger partial charge >= 0.3 is 5.88 Å². The topological polar surface area (TPSA) is 104 Å². The summed E-state index contributed by atoms with van der Waals surface area (Å²) in [5.74, 6) is 1.31. The molecule has 1 aliphatic carbocycles. The van der Waals surface area contributed by atoms with E-state index < -0.39 is 4.92 Å². The van der Waals surface area contributed by atoms with E-state index in [-0.39, 0.29) is 17.7 Å². The molecule has 0 spiro atoms. The number of nitrogens with zero attached hydrogens (tertiary/aromatic N) is 4. The highest BCUT2D eigenvalue weighted by atomic mass is 32.1. The number of thiazole rings is 1. The van der Waals surface area contributed by atoms with Crippen molar-refractivity contribution in [2.24, 2.45) is 10.1 Å². The lowest BCUT2D eigenvalue weighted by molar-refractivity contribution is -0.402. The number of nitro groups is 1. The van der Waals surface area contributed by atoms with Crippen molar-refractivity contribution in [1.29, 1.82) is 0 Å². The Balaban J connectivity index is 1.81. The van der Waals surface area contributed by atoms with E-state index in [1.165, 1.54) is 48.9 Å². The van der Waals surface area contributed by atoms with Crippen LogP contribution < -0.4 is 14.3 Å². The smallest absolute Gasteiger partial charge is 0.433 e. The van der Waals surface area contributed by atoms with Crippen molar-refractivity contribution in [1.82, 2.24) is 4.68 Å². The van der Waals surface area contributed by atoms with Crippen molar-refractivity contribution >= 4 is 23.4 Å². The third-order valence-corrected chi connectivity index (χ3v) is 6.16. The molecule has 0 radical (unpaired) electrons. The Morgan fingerprint density at radius 2 is 2.00 bits per heavy atom. The first kappa shape index (κ1) is 21.8. The Morgan fingerprint density at radius 1 is 1.19 bits per heavy atom. The van der Waals surface area contributed by atoms with Gasteiger partial charge in [-0.2, -0.15) is 5.10 Å². The summed E-state index contributed by atoms with van der Waals surface area (Å²) in [5.41, 5.74) is 1.58. The summed E-state index contributed by atoms with van der Waals surface area (Å²) in [4.78, 5) is 16.0. The van der Waals surface area contributed by atoms with E-state index >= 15 is 0 Å². The maximum absolute atomic E-state index is 10.9. The molecule has 168 valence electrons. The molecule has 0 amide bonds. The molecule has 9 nitrogen and oxygen atoms in total. The highest BCUT2D eigenvalue weighted by Gasteiger charge is 2.17. The van der Waals surface area contributed by atoms with E-state index in [1.807, 2.05) is 23.6 Å². The predicted octanol–water partition coefficient (Wildman–Crippen LogP) is 4.85. The molecule has 2 heterocycles. The number of aromatic nitrogens is 1. The molecule has 3 aromatic rings. The van der Waals surface area contributed by atoms with Gasteiger partial charge in [-0.1, -0.05) is 19.3 Å². The van der Waals surface area contributed by atoms with Gasteiger partial charge in [-0.05, 0) is 37.1 Å². The number of furan rings is 1. The normalized spacial score (nSPS) is 15.4. The van der Waals surface area contributed by atoms with Crippen LogP contribution in [-0.4, -0.2) is 36.1 Å². The molecule has 4 rings (SSSR count). The second-order valence-corrected chi connectivity index (χ2v) is 8.22. The number of rotatable bonds is 7. The van der Waals surface area contributed by atoms with E-state index in [9.17, 15) is 10.1 Å². The van der Waals surface area contributed by atoms with Crippen LogP contribution in [0.2, 0.25) is 0 Å². The molecule has 0 saturated heterocycles. The highest BCUT2D eigenvalue weighted by Crippen LogP contribution is 2.34. The quantitative estimate of drug-likeness (QED) is 0.287. The fraction of sp³-hybridized carbons (Fsp3) is 0.364. The molecular weight excluding hydrogens is 432 g/mol. The lowest BCUT2D eigenvalue weighted by atomic mass is 9.96. The van der Waals surface area contributed by atoms with Crippen LogP contribution >= 0.6 is 11.3 Å². The maximum Gasteiger partial charge on any atom is 0.433 e. The van der Waals surface area contributed by atoms with Crippen molar-refractivity contribution in [3.8, 4) is 22.8 Å². The number of benzene rings is 1. The van der Waals surface area contributed by atoms with Crippen LogP contribution in [-0.2, 0) is 0 Å². The zero-order valence-electron chi connectivity index (χ0n) is 17.9. The minimum Gasteiger partial charge on any atom is -0.497 e. The van der Waals surface area contributed by atoms with Crippen LogP contribution in [0.1, 0.15) is 37.9 Å². The van der Waals surface area contributed by atoms with Gasteiger partial charge in [0.05, 0.1) is 38.2 Å². The van der Waals surface area contributed by atoms with Gasteiger partial charge in [0.1, 0.15) is 16.4 Å². The molecule has 1 fully saturated rings. The monoisotopic (exact) mass is 456 g/mol. The third-order valence-electron chi connectivity index (χ3n) is 5.33. The first-order chi connectivity index (χ1) is 15.6. The second-order valence-electron chi connectivity index (χ2n) is 7.38. The maximum atomic E-state index is 10.9. The zero-order valence-corrected chi connectivity index (χ0v) is 18.7. The van der Waals surface area contributed by atoms with Crippen LogP contribution in [0.4, 0.5) is 5.88 Å². The molecule has 0 N–H and O–H groups in total. The first-order valence-electron chi connectivity index (χ1n) is 10.3. The van der Waals surface area contributed by atoms with Crippen LogP contribution in [0.15, 0.2) is 50.2 Å². The van der Waals surface area contributed by atoms with Gasteiger partial charge < -0.3 is 13.9 Å². The van der Waals surface area contributed by atoms with Crippen LogP contribution in [0.3, 0.4) is 0 Å². The fourth-order valence-electron chi connectivity index (χ4n) is 3.69. The van der Waals surface area contributed by atoms with Gasteiger partial charge in [-0.3, -0.25) is 15.1 Å². The summed E-state index contributed by atoms with van der Waals surface area (Å²) in [6, 6.07) is 8.63. The lowest BCUT2D eigenvalue weighted by Gasteiger charge is -2.17. The summed E-state index contributed by atoms with van der Waals surface area (Å²) in [7, 11) is 3.22. The van der Waals surface area contributed by atoms with Crippen molar-refractivity contribution < 1.29 is 18.8 Å². The van der Waals surface area contributed by atoms with Crippen molar-refractivity contribution in [2.75, 3.05) is 14.2 Å². The lowest BCUT2D eigenvalue weighted by Crippen LogP contribution is -2.19. The van der Waals surface area contributed by atoms with E-state index in [0.29, 0.717) is 11.5 Å². The van der Waals surface area contributed by atoms with Crippen LogP contribution in [0, 0.1) is 10.1 Å². The van der Waals surface area contributed by atoms with Crippen molar-refractivity contribution in [3.05, 3.63) is 56.4 Å². The first-order valence-corrected chi connectivity index (χ1v) is 11.2. The zero-order chi connectivity index (χ0) is 22.5. The third kappa shape index (κ3) is 4.75. The average molecular weight is 457 g/mol. The minimum atomic E-state index is -0.578. The van der Waals surface area contributed by atoms with Crippen molar-refractivity contribution in [3.63, 3.8) is 0 Å². The molecule has 0 bridgehead atoms. The molecule has 2 aromatic heterocycles. The van der Waals surface area contributed by atoms with Crippen molar-refractivity contribution in [2.45, 2.75) is 38.1 Å². The molecule has 0 unspecified atom stereocenters. The average Bonchev–Trinajstić information content (AvgIpc) is 3.45. The van der Waals surface area contributed by atoms with Gasteiger partial charge in [-0.15, -0.1) is 11.3 Å². The Labute approximate surface area is 188 Å². The highest BCUT2D eigenvalue weighted by molar-refractivity contribution is 7.07. The largest absolute Gasteiger partial charge is 0.497 e. The van der Waals surface area contributed by atoms with E-state index in [2.05, 4.69) is 5.10 Å². The number of hydrogen-bond donors (Lipinski definition) is 0. The van der Waals surface area contributed by atoms with Gasteiger partial charge in [0, 0.05) is 10.9 Å². The second kappa shape index (κ2) is 9.82. The Kier molecular flexibility index (Phi) is 6.69. The number of methoxy groups -OCH3 is 2. The standard InChI is InChI=1S/C22H24N4O5S/c1-29-16-8-10-20(30-2)18(12-16)19-14-32-22(24-15-6-4-3-5-7-15)25(19)23-13-17-9-11-21(31-17)26(27)28/h8-15H,3-7H2,1-2H3. The van der Waals surface area contributed by atoms with Gasteiger partial charge in [-0.25, -0.2) is 4.68 Å². The predicted molar refractivity (Wildman–Crippen MR) is 122 cm³/mol. The van der Waals surface area contributed by atoms with Gasteiger partial charge in [0.15, 0.2) is 5.76 Å². The Morgan fingerprint density at radius 3 is 2.69 bits per heavy atom. The van der Waals surface area contributed by atoms with Crippen LogP contribution in [0.25, 0.3) is 11.3 Å². The summed E-state index contributed by atoms with van der Waals surface area (Å²) in [5, 5.41) is 17.5. The summed E-state index contributed by atoms with van der Waals surface area (Å²) >= 11 is 1.49. The number of hydrogen-bond acceptors (Lipinski definition) is 8. The molecule has 1 aromatic carbocycles. The molecule has 10 heteroatoms. The van der Waals surface area contributed by atoms with Gasteiger partial charge in [0.2, 0.25) is 4.80 Å². The SMILES string of the molecule is COc1ccc(OC)c(-c2csc(=NC3CCCCC3)n2N=Cc2ccc([N+](=O)[O-])o2)c1. The molecular formula is C22H24N4O5S. The van der Waals surface area contributed by atoms with E-state index in [1.54, 1.807) is 18.9 Å². The summed E-state index contributed by atoms with van der Waals surface area (Å²) in [6.07, 6.45) is 7.17. The van der Waals surface area contributed by atoms with Gasteiger partial charge in [0.25, 0.3) is 0 Å². The minimum absolute atomic E-state index is 0.258.